The Morgan fingerprint density at radius 1 is 1.32 bits per heavy atom. The fourth-order valence-corrected chi connectivity index (χ4v) is 1.71. The van der Waals surface area contributed by atoms with Crippen molar-refractivity contribution in [3.63, 3.8) is 0 Å². The van der Waals surface area contributed by atoms with Crippen molar-refractivity contribution in [2.24, 2.45) is 0 Å². The first-order valence-corrected chi connectivity index (χ1v) is 5.69. The topological polar surface area (TPSA) is 57.4 Å². The number of hydrogen-bond donors (Lipinski definition) is 1. The molecule has 0 bridgehead atoms. The molecule has 6 heteroatoms. The van der Waals surface area contributed by atoms with Crippen molar-refractivity contribution in [3.05, 3.63) is 29.8 Å². The summed E-state index contributed by atoms with van der Waals surface area (Å²) in [5.74, 6) is 0.955. The molecule has 0 saturated heterocycles. The van der Waals surface area contributed by atoms with Crippen LogP contribution >= 0.6 is 0 Å². The van der Waals surface area contributed by atoms with Gasteiger partial charge in [-0.3, -0.25) is 0 Å². The summed E-state index contributed by atoms with van der Waals surface area (Å²) in [7, 11) is 1.57. The number of hydrogen-bond acceptors (Lipinski definition) is 4. The number of nitrogens with zero attached hydrogens (tertiary/aromatic N) is 1. The van der Waals surface area contributed by atoms with Crippen molar-refractivity contribution >= 4 is 16.7 Å². The number of ether oxygens (including phenoxy) is 2. The monoisotopic (exact) mass is 268 g/mol. The average Bonchev–Trinajstić information content (AvgIpc) is 2.38. The number of rotatable bonds is 5. The number of benzene rings is 1. The molecule has 0 saturated carbocycles. The van der Waals surface area contributed by atoms with Crippen LogP contribution in [0.4, 0.5) is 14.6 Å². The summed E-state index contributed by atoms with van der Waals surface area (Å²) in [6.07, 6.45) is -2.49. The number of fused-ring (bicyclic) bond motifs is 1. The standard InChI is InChI=1S/C13H14F2N2O2/c1-18-10-3-2-8-4-9(6-19-7-12(14)15)13(16)17-11(8)5-10/h2-5,12H,6-7H2,1H3,(H2,16,17). The third kappa shape index (κ3) is 3.29. The third-order valence-corrected chi connectivity index (χ3v) is 2.64. The third-order valence-electron chi connectivity index (χ3n) is 2.64. The van der Waals surface area contributed by atoms with Gasteiger partial charge in [-0.15, -0.1) is 0 Å². The van der Waals surface area contributed by atoms with Crippen molar-refractivity contribution in [1.82, 2.24) is 4.98 Å². The Morgan fingerprint density at radius 2 is 2.11 bits per heavy atom. The first-order chi connectivity index (χ1) is 9.10. The summed E-state index contributed by atoms with van der Waals surface area (Å²) in [6.45, 7) is -0.592. The molecule has 0 fully saturated rings. The lowest BCUT2D eigenvalue weighted by molar-refractivity contribution is 0.0100. The van der Waals surface area contributed by atoms with Gasteiger partial charge in [0, 0.05) is 17.0 Å². The van der Waals surface area contributed by atoms with Gasteiger partial charge < -0.3 is 15.2 Å². The molecule has 2 N–H and O–H groups in total. The number of methoxy groups -OCH3 is 1. The van der Waals surface area contributed by atoms with Crippen LogP contribution in [-0.2, 0) is 11.3 Å². The minimum absolute atomic E-state index is 0.0190. The lowest BCUT2D eigenvalue weighted by Gasteiger charge is -2.09. The van der Waals surface area contributed by atoms with Crippen molar-refractivity contribution in [2.75, 3.05) is 19.5 Å². The second-order valence-corrected chi connectivity index (χ2v) is 4.00. The van der Waals surface area contributed by atoms with E-state index in [0.29, 0.717) is 16.8 Å². The van der Waals surface area contributed by atoms with Gasteiger partial charge in [-0.05, 0) is 18.2 Å². The number of nitrogen functional groups attached to an aromatic ring is 1. The molecule has 2 rings (SSSR count). The molecule has 0 spiro atoms. The molecule has 2 aromatic rings. The maximum atomic E-state index is 12.0. The van der Waals surface area contributed by atoms with Crippen LogP contribution in [0.15, 0.2) is 24.3 Å². The van der Waals surface area contributed by atoms with E-state index >= 15 is 0 Å². The Morgan fingerprint density at radius 3 is 2.79 bits per heavy atom. The van der Waals surface area contributed by atoms with Gasteiger partial charge in [0.15, 0.2) is 0 Å². The quantitative estimate of drug-likeness (QED) is 0.905. The van der Waals surface area contributed by atoms with E-state index in [4.69, 9.17) is 15.2 Å². The maximum Gasteiger partial charge on any atom is 0.261 e. The van der Waals surface area contributed by atoms with Crippen molar-refractivity contribution in [2.45, 2.75) is 13.0 Å². The molecule has 4 nitrogen and oxygen atoms in total. The molecule has 0 radical (unpaired) electrons. The number of aromatic nitrogens is 1. The number of halogens is 2. The molecule has 0 aliphatic heterocycles. The smallest absolute Gasteiger partial charge is 0.261 e. The SMILES string of the molecule is COc1ccc2cc(COCC(F)F)c(N)nc2c1. The molecular formula is C13H14F2N2O2. The van der Waals surface area contributed by atoms with Gasteiger partial charge in [-0.25, -0.2) is 13.8 Å². The summed E-state index contributed by atoms with van der Waals surface area (Å²) in [5, 5.41) is 0.852. The number of alkyl halides is 2. The van der Waals surface area contributed by atoms with Gasteiger partial charge in [-0.2, -0.15) is 0 Å². The van der Waals surface area contributed by atoms with E-state index in [1.165, 1.54) is 0 Å². The molecule has 0 aliphatic carbocycles. The van der Waals surface area contributed by atoms with Crippen LogP contribution in [0.3, 0.4) is 0 Å². The highest BCUT2D eigenvalue weighted by atomic mass is 19.3. The molecule has 0 atom stereocenters. The molecule has 1 aromatic heterocycles. The zero-order valence-corrected chi connectivity index (χ0v) is 10.4. The summed E-state index contributed by atoms with van der Waals surface area (Å²) < 4.78 is 33.9. The zero-order chi connectivity index (χ0) is 13.8. The van der Waals surface area contributed by atoms with Crippen molar-refractivity contribution in [3.8, 4) is 5.75 Å². The minimum atomic E-state index is -2.49. The van der Waals surface area contributed by atoms with Gasteiger partial charge in [-0.1, -0.05) is 0 Å². The van der Waals surface area contributed by atoms with E-state index in [1.54, 1.807) is 25.3 Å². The normalized spacial score (nSPS) is 11.2. The predicted octanol–water partition coefficient (Wildman–Crippen LogP) is 2.61. The molecular weight excluding hydrogens is 254 g/mol. The number of anilines is 1. The van der Waals surface area contributed by atoms with E-state index in [9.17, 15) is 8.78 Å². The Bertz CT molecular complexity index is 576. The molecule has 0 unspecified atom stereocenters. The summed E-state index contributed by atoms with van der Waals surface area (Å²) in [5.41, 5.74) is 7.06. The van der Waals surface area contributed by atoms with Gasteiger partial charge in [0.25, 0.3) is 6.43 Å². The fourth-order valence-electron chi connectivity index (χ4n) is 1.71. The van der Waals surface area contributed by atoms with Gasteiger partial charge >= 0.3 is 0 Å². The lowest BCUT2D eigenvalue weighted by atomic mass is 10.1. The Kier molecular flexibility index (Phi) is 4.11. The lowest BCUT2D eigenvalue weighted by Crippen LogP contribution is -2.06. The van der Waals surface area contributed by atoms with Gasteiger partial charge in [0.2, 0.25) is 0 Å². The highest BCUT2D eigenvalue weighted by Gasteiger charge is 2.07. The second-order valence-electron chi connectivity index (χ2n) is 4.00. The largest absolute Gasteiger partial charge is 0.497 e. The van der Waals surface area contributed by atoms with E-state index in [2.05, 4.69) is 4.98 Å². The van der Waals surface area contributed by atoms with E-state index in [-0.39, 0.29) is 12.4 Å². The second kappa shape index (κ2) is 5.79. The Balaban J connectivity index is 2.23. The van der Waals surface area contributed by atoms with Gasteiger partial charge in [0.1, 0.15) is 18.2 Å². The predicted molar refractivity (Wildman–Crippen MR) is 68.4 cm³/mol. The Hall–Kier alpha value is -1.95. The van der Waals surface area contributed by atoms with E-state index in [1.807, 2.05) is 6.07 Å². The molecule has 1 heterocycles. The molecule has 0 amide bonds. The molecule has 102 valence electrons. The van der Waals surface area contributed by atoms with Crippen LogP contribution in [0.1, 0.15) is 5.56 Å². The van der Waals surface area contributed by atoms with Crippen molar-refractivity contribution in [1.29, 1.82) is 0 Å². The fraction of sp³-hybridized carbons (Fsp3) is 0.308. The van der Waals surface area contributed by atoms with Crippen LogP contribution < -0.4 is 10.5 Å². The van der Waals surface area contributed by atoms with Crippen LogP contribution in [-0.4, -0.2) is 25.1 Å². The number of pyridine rings is 1. The summed E-state index contributed by atoms with van der Waals surface area (Å²) in [6, 6.07) is 7.17. The van der Waals surface area contributed by atoms with E-state index < -0.39 is 13.0 Å². The molecule has 0 aliphatic rings. The number of nitrogens with two attached hydrogens (primary N) is 1. The average molecular weight is 268 g/mol. The summed E-state index contributed by atoms with van der Waals surface area (Å²) >= 11 is 0. The first kappa shape index (κ1) is 13.5. The maximum absolute atomic E-state index is 12.0. The highest BCUT2D eigenvalue weighted by molar-refractivity contribution is 5.82. The van der Waals surface area contributed by atoms with Gasteiger partial charge in [0.05, 0.1) is 19.2 Å². The summed E-state index contributed by atoms with van der Waals surface area (Å²) in [4.78, 5) is 4.21. The van der Waals surface area contributed by atoms with E-state index in [0.717, 1.165) is 5.39 Å². The molecule has 1 aromatic carbocycles. The Labute approximate surface area is 109 Å². The van der Waals surface area contributed by atoms with Crippen LogP contribution in [0.5, 0.6) is 5.75 Å². The highest BCUT2D eigenvalue weighted by Crippen LogP contribution is 2.23. The minimum Gasteiger partial charge on any atom is -0.497 e. The van der Waals surface area contributed by atoms with Crippen LogP contribution in [0.2, 0.25) is 0 Å². The zero-order valence-electron chi connectivity index (χ0n) is 10.4. The molecule has 19 heavy (non-hydrogen) atoms. The van der Waals surface area contributed by atoms with Crippen LogP contribution in [0.25, 0.3) is 10.9 Å². The van der Waals surface area contributed by atoms with Crippen LogP contribution in [0, 0.1) is 0 Å². The van der Waals surface area contributed by atoms with Crippen molar-refractivity contribution < 1.29 is 18.3 Å². The first-order valence-electron chi connectivity index (χ1n) is 5.69.